The van der Waals surface area contributed by atoms with Crippen LogP contribution in [0.2, 0.25) is 0 Å². The van der Waals surface area contributed by atoms with Crippen molar-refractivity contribution in [2.24, 2.45) is 0 Å². The van der Waals surface area contributed by atoms with Crippen molar-refractivity contribution >= 4 is 33.4 Å². The number of rotatable bonds is 6. The van der Waals surface area contributed by atoms with Gasteiger partial charge in [0.25, 0.3) is 5.69 Å². The lowest BCUT2D eigenvalue weighted by Crippen LogP contribution is -2.00. The number of nitro groups is 1. The van der Waals surface area contributed by atoms with Gasteiger partial charge in [0, 0.05) is 33.6 Å². The molecule has 0 saturated heterocycles. The molecule has 144 valence electrons. The lowest BCUT2D eigenvalue weighted by molar-refractivity contribution is -0.384. The molecule has 4 aromatic rings. The summed E-state index contributed by atoms with van der Waals surface area (Å²) in [6, 6.07) is 24.3. The zero-order chi connectivity index (χ0) is 20.2. The maximum absolute atomic E-state index is 11.2. The summed E-state index contributed by atoms with van der Waals surface area (Å²) < 4.78 is 2.97. The van der Waals surface area contributed by atoms with E-state index < -0.39 is 4.92 Å². The maximum atomic E-state index is 11.2. The number of thioether (sulfide) groups is 1. The number of nitro benzene ring substituents is 1. The molecule has 3 aromatic carbocycles. The van der Waals surface area contributed by atoms with Crippen molar-refractivity contribution in [1.82, 2.24) is 14.8 Å². The Morgan fingerprint density at radius 2 is 1.72 bits per heavy atom. The topological polar surface area (TPSA) is 73.8 Å². The molecule has 8 heteroatoms. The van der Waals surface area contributed by atoms with E-state index in [-0.39, 0.29) is 5.69 Å². The van der Waals surface area contributed by atoms with E-state index in [0.29, 0.717) is 11.4 Å². The van der Waals surface area contributed by atoms with Gasteiger partial charge in [0.1, 0.15) is 0 Å². The first-order chi connectivity index (χ1) is 14.1. The fraction of sp³-hybridized carbons (Fsp3) is 0.0476. The van der Waals surface area contributed by atoms with Crippen LogP contribution in [0.4, 0.5) is 5.69 Å². The van der Waals surface area contributed by atoms with Crippen LogP contribution in [0.1, 0.15) is 5.56 Å². The normalized spacial score (nSPS) is 10.8. The second-order valence-corrected chi connectivity index (χ2v) is 8.06. The van der Waals surface area contributed by atoms with Crippen molar-refractivity contribution in [3.05, 3.63) is 99.0 Å². The van der Waals surface area contributed by atoms with Gasteiger partial charge in [-0.1, -0.05) is 70.2 Å². The van der Waals surface area contributed by atoms with Crippen LogP contribution in [0, 0.1) is 10.1 Å². The van der Waals surface area contributed by atoms with Gasteiger partial charge in [-0.25, -0.2) is 0 Å². The summed E-state index contributed by atoms with van der Waals surface area (Å²) >= 11 is 5.01. The maximum Gasteiger partial charge on any atom is 0.270 e. The number of halogens is 1. The molecule has 0 aliphatic heterocycles. The monoisotopic (exact) mass is 466 g/mol. The summed E-state index contributed by atoms with van der Waals surface area (Å²) in [5, 5.41) is 20.6. The third kappa shape index (κ3) is 4.38. The van der Waals surface area contributed by atoms with Gasteiger partial charge in [0.15, 0.2) is 11.0 Å². The van der Waals surface area contributed by atoms with Gasteiger partial charge in [-0.2, -0.15) is 0 Å². The van der Waals surface area contributed by atoms with Gasteiger partial charge in [0.2, 0.25) is 0 Å². The second-order valence-electron chi connectivity index (χ2n) is 6.20. The van der Waals surface area contributed by atoms with E-state index in [1.54, 1.807) is 23.9 Å². The molecule has 6 nitrogen and oxygen atoms in total. The average Bonchev–Trinajstić information content (AvgIpc) is 3.18. The number of nitrogens with zero attached hydrogens (tertiary/aromatic N) is 4. The Balaban J connectivity index is 1.73. The highest BCUT2D eigenvalue weighted by Crippen LogP contribution is 2.31. The third-order valence-corrected chi connectivity index (χ3v) is 5.77. The van der Waals surface area contributed by atoms with E-state index >= 15 is 0 Å². The molecule has 4 rings (SSSR count). The first kappa shape index (κ1) is 19.4. The van der Waals surface area contributed by atoms with Crippen molar-refractivity contribution < 1.29 is 4.92 Å². The Bertz CT molecular complexity index is 1150. The fourth-order valence-electron chi connectivity index (χ4n) is 2.85. The molecule has 1 heterocycles. The molecule has 0 bridgehead atoms. The molecule has 0 unspecified atom stereocenters. The molecule has 0 N–H and O–H groups in total. The molecule has 0 saturated carbocycles. The molecule has 1 aromatic heterocycles. The summed E-state index contributed by atoms with van der Waals surface area (Å²) in [6.45, 7) is 0. The van der Waals surface area contributed by atoms with E-state index in [1.807, 2.05) is 47.0 Å². The molecule has 0 atom stereocenters. The van der Waals surface area contributed by atoms with Crippen LogP contribution in [-0.2, 0) is 5.75 Å². The fourth-order valence-corrected chi connectivity index (χ4v) is 4.02. The lowest BCUT2D eigenvalue weighted by atomic mass is 10.2. The third-order valence-electron chi connectivity index (χ3n) is 4.24. The van der Waals surface area contributed by atoms with E-state index in [0.717, 1.165) is 26.6 Å². The number of hydrogen-bond donors (Lipinski definition) is 0. The lowest BCUT2D eigenvalue weighted by Gasteiger charge is -2.10. The number of benzene rings is 3. The van der Waals surface area contributed by atoms with E-state index in [1.165, 1.54) is 12.1 Å². The number of aromatic nitrogens is 3. The standard InChI is InChI=1S/C21H15BrN4O2S/c22-17-11-9-15(10-12-17)14-29-21-24-23-20(25(21)18-6-2-1-3-7-18)16-5-4-8-19(13-16)26(27)28/h1-13H,14H2. The van der Waals surface area contributed by atoms with Crippen LogP contribution in [0.5, 0.6) is 0 Å². The number of non-ortho nitro benzene ring substituents is 1. The molecular formula is C21H15BrN4O2S. The molecule has 0 aliphatic carbocycles. The van der Waals surface area contributed by atoms with Gasteiger partial charge in [-0.3, -0.25) is 14.7 Å². The van der Waals surface area contributed by atoms with Gasteiger partial charge < -0.3 is 0 Å². The van der Waals surface area contributed by atoms with Gasteiger partial charge in [0.05, 0.1) is 4.92 Å². The molecule has 0 amide bonds. The largest absolute Gasteiger partial charge is 0.270 e. The predicted molar refractivity (Wildman–Crippen MR) is 117 cm³/mol. The van der Waals surface area contributed by atoms with Crippen LogP contribution in [0.25, 0.3) is 17.1 Å². The van der Waals surface area contributed by atoms with Crippen LogP contribution < -0.4 is 0 Å². The van der Waals surface area contributed by atoms with Crippen LogP contribution >= 0.6 is 27.7 Å². The minimum Gasteiger partial charge on any atom is -0.270 e. The highest BCUT2D eigenvalue weighted by atomic mass is 79.9. The van der Waals surface area contributed by atoms with E-state index in [2.05, 4.69) is 38.3 Å². The SMILES string of the molecule is O=[N+]([O-])c1cccc(-c2nnc(SCc3ccc(Br)cc3)n2-c2ccccc2)c1. The van der Waals surface area contributed by atoms with Crippen LogP contribution in [0.15, 0.2) is 88.5 Å². The summed E-state index contributed by atoms with van der Waals surface area (Å²) in [6.07, 6.45) is 0. The van der Waals surface area contributed by atoms with Gasteiger partial charge >= 0.3 is 0 Å². The Morgan fingerprint density at radius 3 is 2.45 bits per heavy atom. The number of para-hydroxylation sites is 1. The summed E-state index contributed by atoms with van der Waals surface area (Å²) in [5.74, 6) is 1.30. The number of hydrogen-bond acceptors (Lipinski definition) is 5. The smallest absolute Gasteiger partial charge is 0.270 e. The predicted octanol–water partition coefficient (Wildman–Crippen LogP) is 5.90. The quantitative estimate of drug-likeness (QED) is 0.201. The van der Waals surface area contributed by atoms with Crippen molar-refractivity contribution in [3.63, 3.8) is 0 Å². The Morgan fingerprint density at radius 1 is 0.966 bits per heavy atom. The minimum absolute atomic E-state index is 0.0224. The van der Waals surface area contributed by atoms with E-state index in [4.69, 9.17) is 0 Å². The highest BCUT2D eigenvalue weighted by Gasteiger charge is 2.18. The van der Waals surface area contributed by atoms with Gasteiger partial charge in [-0.05, 0) is 29.8 Å². The van der Waals surface area contributed by atoms with Crippen molar-refractivity contribution in [1.29, 1.82) is 0 Å². The van der Waals surface area contributed by atoms with Crippen LogP contribution in [0.3, 0.4) is 0 Å². The average molecular weight is 467 g/mol. The first-order valence-corrected chi connectivity index (χ1v) is 10.5. The Hall–Kier alpha value is -2.97. The van der Waals surface area contributed by atoms with Crippen molar-refractivity contribution in [3.8, 4) is 17.1 Å². The first-order valence-electron chi connectivity index (χ1n) is 8.75. The zero-order valence-corrected chi connectivity index (χ0v) is 17.5. The summed E-state index contributed by atoms with van der Waals surface area (Å²) in [7, 11) is 0. The van der Waals surface area contributed by atoms with Crippen LogP contribution in [-0.4, -0.2) is 19.7 Å². The zero-order valence-electron chi connectivity index (χ0n) is 15.1. The molecule has 0 aliphatic rings. The summed E-state index contributed by atoms with van der Waals surface area (Å²) in [4.78, 5) is 10.8. The summed E-state index contributed by atoms with van der Waals surface area (Å²) in [5.41, 5.74) is 2.73. The molecular weight excluding hydrogens is 452 g/mol. The van der Waals surface area contributed by atoms with E-state index in [9.17, 15) is 10.1 Å². The second kappa shape index (κ2) is 8.59. The molecule has 0 fully saturated rings. The van der Waals surface area contributed by atoms with Crippen molar-refractivity contribution in [2.75, 3.05) is 0 Å². The Labute approximate surface area is 179 Å². The van der Waals surface area contributed by atoms with Gasteiger partial charge in [-0.15, -0.1) is 10.2 Å². The minimum atomic E-state index is -0.407. The molecule has 0 spiro atoms. The molecule has 29 heavy (non-hydrogen) atoms. The Kier molecular flexibility index (Phi) is 5.73. The van der Waals surface area contributed by atoms with Crippen molar-refractivity contribution in [2.45, 2.75) is 10.9 Å². The molecule has 0 radical (unpaired) electrons. The highest BCUT2D eigenvalue weighted by molar-refractivity contribution is 9.10.